The second kappa shape index (κ2) is 22.4. The molecular weight excluding hydrogens is 504 g/mol. The van der Waals surface area contributed by atoms with E-state index < -0.39 is 12.0 Å². The highest BCUT2D eigenvalue weighted by atomic mass is 32.2. The smallest absolute Gasteiger partial charge is 0.326 e. The second-order valence-electron chi connectivity index (χ2n) is 8.70. The maximum absolute atomic E-state index is 11.9. The molecule has 0 saturated carbocycles. The van der Waals surface area contributed by atoms with Crippen LogP contribution in [0.4, 0.5) is 0 Å². The number of nitrogens with one attached hydrogen (secondary N) is 3. The first-order chi connectivity index (χ1) is 18.4. The second-order valence-corrected chi connectivity index (χ2v) is 9.69. The fourth-order valence-electron chi connectivity index (χ4n) is 3.61. The monoisotopic (exact) mass is 552 g/mol. The number of fused-ring (bicyclic) bond motifs is 1. The third-order valence-corrected chi connectivity index (χ3v) is 6.57. The standard InChI is InChI=1S/C16H21N3O2.C6H11NO3S.C4H10.C2H6/c20-15-6-5-14(18-15)16(21)17-8-10-19-9-7-12-3-1-2-4-13(12)11-19;1-11-3-2-5(6(9)10)7-4-8;1-3-4-2;1-2/h1-4,14H,5-11H2,(H,17,21)(H,18,20);4-5H,2-3H2,1H3,(H,7,8)(H,9,10);3-4H2,1-2H3;1-2H3/t14-;5-;;/m00../s1. The zero-order chi connectivity index (χ0) is 28.8. The Bertz CT molecular complexity index is 822. The van der Waals surface area contributed by atoms with Crippen LogP contribution in [0.2, 0.25) is 0 Å². The summed E-state index contributed by atoms with van der Waals surface area (Å²) in [7, 11) is 0. The van der Waals surface area contributed by atoms with Gasteiger partial charge in [-0.1, -0.05) is 64.8 Å². The van der Waals surface area contributed by atoms with E-state index >= 15 is 0 Å². The number of aliphatic carboxylic acids is 1. The van der Waals surface area contributed by atoms with Crippen LogP contribution in [0.1, 0.15) is 70.9 Å². The normalized spacial score (nSPS) is 16.4. The number of benzene rings is 1. The summed E-state index contributed by atoms with van der Waals surface area (Å²) in [6.45, 7) is 11.8. The Morgan fingerprint density at radius 3 is 2.37 bits per heavy atom. The van der Waals surface area contributed by atoms with Crippen molar-refractivity contribution >= 4 is 36.0 Å². The number of unbranched alkanes of at least 4 members (excludes halogenated alkanes) is 1. The molecule has 0 radical (unpaired) electrons. The van der Waals surface area contributed by atoms with E-state index in [4.69, 9.17) is 5.11 Å². The molecule has 0 aromatic heterocycles. The first kappa shape index (κ1) is 35.4. The maximum atomic E-state index is 11.9. The van der Waals surface area contributed by atoms with Crippen LogP contribution in [0.25, 0.3) is 0 Å². The average molecular weight is 553 g/mol. The first-order valence-electron chi connectivity index (χ1n) is 13.6. The Balaban J connectivity index is 0.000000681. The van der Waals surface area contributed by atoms with E-state index in [1.165, 1.54) is 24.0 Å². The fourth-order valence-corrected chi connectivity index (χ4v) is 4.08. The zero-order valence-electron chi connectivity index (χ0n) is 23.8. The molecule has 38 heavy (non-hydrogen) atoms. The molecule has 0 aliphatic carbocycles. The van der Waals surface area contributed by atoms with E-state index in [0.717, 1.165) is 31.8 Å². The molecule has 1 fully saturated rings. The Hall–Kier alpha value is -2.59. The lowest BCUT2D eigenvalue weighted by atomic mass is 10.00. The van der Waals surface area contributed by atoms with Crippen molar-refractivity contribution in [3.05, 3.63) is 35.4 Å². The van der Waals surface area contributed by atoms with Crippen molar-refractivity contribution in [3.8, 4) is 0 Å². The van der Waals surface area contributed by atoms with Crippen molar-refractivity contribution in [1.82, 2.24) is 20.9 Å². The van der Waals surface area contributed by atoms with E-state index in [1.807, 2.05) is 20.1 Å². The molecule has 9 nitrogen and oxygen atoms in total. The van der Waals surface area contributed by atoms with Crippen molar-refractivity contribution in [3.63, 3.8) is 0 Å². The van der Waals surface area contributed by atoms with Crippen LogP contribution in [0, 0.1) is 0 Å². The van der Waals surface area contributed by atoms with Gasteiger partial charge in [-0.25, -0.2) is 4.79 Å². The zero-order valence-corrected chi connectivity index (χ0v) is 24.6. The Labute approximate surface area is 232 Å². The molecule has 0 bridgehead atoms. The molecule has 0 spiro atoms. The van der Waals surface area contributed by atoms with Crippen LogP contribution in [-0.4, -0.2) is 77.9 Å². The van der Waals surface area contributed by atoms with E-state index in [9.17, 15) is 19.2 Å². The molecule has 2 aliphatic heterocycles. The largest absolute Gasteiger partial charge is 0.480 e. The number of thioether (sulfide) groups is 1. The van der Waals surface area contributed by atoms with Gasteiger partial charge in [0.25, 0.3) is 0 Å². The summed E-state index contributed by atoms with van der Waals surface area (Å²) in [5, 5.41) is 16.3. The van der Waals surface area contributed by atoms with Gasteiger partial charge in [0, 0.05) is 32.6 Å². The highest BCUT2D eigenvalue weighted by Crippen LogP contribution is 2.17. The minimum Gasteiger partial charge on any atom is -0.480 e. The molecule has 1 aromatic rings. The van der Waals surface area contributed by atoms with Gasteiger partial charge in [-0.3, -0.25) is 19.3 Å². The maximum Gasteiger partial charge on any atom is 0.326 e. The number of hydrogen-bond acceptors (Lipinski definition) is 6. The number of carboxylic acid groups (broad SMARTS) is 1. The number of rotatable bonds is 11. The van der Waals surface area contributed by atoms with Crippen LogP contribution in [0.3, 0.4) is 0 Å². The lowest BCUT2D eigenvalue weighted by Crippen LogP contribution is -2.44. The number of carboxylic acids is 1. The SMILES string of the molecule is CC.CCCC.CSCC[C@H](NC=O)C(=O)O.O=C1CC[C@@H](C(=O)NCCN2CCc3ccccc3C2)N1. The van der Waals surface area contributed by atoms with Crippen LogP contribution in [0.15, 0.2) is 24.3 Å². The number of carbonyl (C=O) groups is 4. The predicted octanol–water partition coefficient (Wildman–Crippen LogP) is 3.21. The Morgan fingerprint density at radius 1 is 1.18 bits per heavy atom. The van der Waals surface area contributed by atoms with Crippen LogP contribution < -0.4 is 16.0 Å². The van der Waals surface area contributed by atoms with Gasteiger partial charge in [0.15, 0.2) is 0 Å². The third-order valence-electron chi connectivity index (χ3n) is 5.93. The van der Waals surface area contributed by atoms with Gasteiger partial charge in [-0.2, -0.15) is 11.8 Å². The van der Waals surface area contributed by atoms with Crippen molar-refractivity contribution < 1.29 is 24.3 Å². The minimum absolute atomic E-state index is 0.0252. The number of amides is 3. The highest BCUT2D eigenvalue weighted by molar-refractivity contribution is 7.98. The quantitative estimate of drug-likeness (QED) is 0.310. The lowest BCUT2D eigenvalue weighted by Gasteiger charge is -2.28. The summed E-state index contributed by atoms with van der Waals surface area (Å²) in [5.74, 6) is -0.329. The summed E-state index contributed by atoms with van der Waals surface area (Å²) >= 11 is 1.55. The number of nitrogens with zero attached hydrogens (tertiary/aromatic N) is 1. The predicted molar refractivity (Wildman–Crippen MR) is 155 cm³/mol. The summed E-state index contributed by atoms with van der Waals surface area (Å²) in [5.41, 5.74) is 2.82. The molecule has 3 rings (SSSR count). The van der Waals surface area contributed by atoms with Crippen molar-refractivity contribution in [2.75, 3.05) is 31.6 Å². The summed E-state index contributed by atoms with van der Waals surface area (Å²) in [6.07, 6.45) is 7.56. The number of hydrogen-bond donors (Lipinski definition) is 4. The van der Waals surface area contributed by atoms with Crippen molar-refractivity contribution in [2.24, 2.45) is 0 Å². The van der Waals surface area contributed by atoms with Crippen LogP contribution in [-0.2, 0) is 32.1 Å². The molecule has 0 unspecified atom stereocenters. The third kappa shape index (κ3) is 15.0. The van der Waals surface area contributed by atoms with Gasteiger partial charge < -0.3 is 21.1 Å². The molecule has 1 aromatic carbocycles. The molecule has 2 heterocycles. The van der Waals surface area contributed by atoms with Crippen molar-refractivity contribution in [2.45, 2.75) is 84.8 Å². The van der Waals surface area contributed by atoms with Crippen LogP contribution in [0.5, 0.6) is 0 Å². The fraction of sp³-hybridized carbons (Fsp3) is 0.643. The summed E-state index contributed by atoms with van der Waals surface area (Å²) < 4.78 is 0. The molecule has 10 heteroatoms. The van der Waals surface area contributed by atoms with Gasteiger partial charge in [-0.05, 0) is 42.4 Å². The molecule has 3 amide bonds. The topological polar surface area (TPSA) is 128 Å². The van der Waals surface area contributed by atoms with Gasteiger partial charge in [0.05, 0.1) is 0 Å². The molecule has 216 valence electrons. The van der Waals surface area contributed by atoms with E-state index in [2.05, 4.69) is 59.0 Å². The van der Waals surface area contributed by atoms with Crippen LogP contribution >= 0.6 is 11.8 Å². The molecule has 1 saturated heterocycles. The van der Waals surface area contributed by atoms with Gasteiger partial charge in [-0.15, -0.1) is 0 Å². The molecule has 4 N–H and O–H groups in total. The Morgan fingerprint density at radius 2 is 1.84 bits per heavy atom. The van der Waals surface area contributed by atoms with E-state index in [-0.39, 0.29) is 17.9 Å². The summed E-state index contributed by atoms with van der Waals surface area (Å²) in [4.78, 5) is 45.6. The van der Waals surface area contributed by atoms with E-state index in [1.54, 1.807) is 11.8 Å². The van der Waals surface area contributed by atoms with E-state index in [0.29, 0.717) is 32.2 Å². The molecular formula is C28H48N4O5S. The molecule has 2 atom stereocenters. The van der Waals surface area contributed by atoms with Gasteiger partial charge >= 0.3 is 5.97 Å². The van der Waals surface area contributed by atoms with Gasteiger partial charge in [0.1, 0.15) is 12.1 Å². The lowest BCUT2D eigenvalue weighted by molar-refractivity contribution is -0.140. The Kier molecular flexibility index (Phi) is 20.9. The van der Waals surface area contributed by atoms with Crippen molar-refractivity contribution in [1.29, 1.82) is 0 Å². The average Bonchev–Trinajstić information content (AvgIpc) is 3.38. The summed E-state index contributed by atoms with van der Waals surface area (Å²) in [6, 6.07) is 7.46. The minimum atomic E-state index is -0.980. The highest BCUT2D eigenvalue weighted by Gasteiger charge is 2.27. The van der Waals surface area contributed by atoms with Gasteiger partial charge in [0.2, 0.25) is 18.2 Å². The molecule has 2 aliphatic rings. The number of carbonyl (C=O) groups excluding carboxylic acids is 3. The first-order valence-corrected chi connectivity index (χ1v) is 15.0.